The SMILES string of the molecule is CCCCCCCC[C@@H]1CC[C@@H]2[C@H]3CC=C4C[C@@H](OC(=O)/C=C/c5occc5[N+](=O)[O-])CC[C@]4(C)[C@@H]3CC[C@@]12C. The van der Waals surface area contributed by atoms with Crippen LogP contribution in [0.15, 0.2) is 34.5 Å². The summed E-state index contributed by atoms with van der Waals surface area (Å²) in [6.07, 6.45) is 25.5. The van der Waals surface area contributed by atoms with Gasteiger partial charge in [0.15, 0.2) is 0 Å². The normalized spacial score (nSPS) is 35.1. The van der Waals surface area contributed by atoms with Gasteiger partial charge in [-0.2, -0.15) is 0 Å². The summed E-state index contributed by atoms with van der Waals surface area (Å²) in [5.41, 5.74) is 2.08. The minimum absolute atomic E-state index is 0.0598. The van der Waals surface area contributed by atoms with Gasteiger partial charge >= 0.3 is 11.7 Å². The van der Waals surface area contributed by atoms with E-state index in [-0.39, 0.29) is 23.0 Å². The number of rotatable bonds is 11. The number of allylic oxidation sites excluding steroid dienone is 1. The van der Waals surface area contributed by atoms with Crippen LogP contribution in [0.3, 0.4) is 0 Å². The zero-order chi connectivity index (χ0) is 28.3. The van der Waals surface area contributed by atoms with Gasteiger partial charge in [0.2, 0.25) is 5.76 Å². The van der Waals surface area contributed by atoms with Gasteiger partial charge in [0.05, 0.1) is 17.3 Å². The zero-order valence-electron chi connectivity index (χ0n) is 24.9. The fraction of sp³-hybridized carbons (Fsp3) is 0.735. The number of nitrogens with zero attached hydrogens (tertiary/aromatic N) is 1. The van der Waals surface area contributed by atoms with Gasteiger partial charge in [-0.3, -0.25) is 10.1 Å². The highest BCUT2D eigenvalue weighted by atomic mass is 16.6. The van der Waals surface area contributed by atoms with E-state index in [9.17, 15) is 14.9 Å². The number of carbonyl (C=O) groups excluding carboxylic acids is 1. The Labute approximate surface area is 240 Å². The Morgan fingerprint density at radius 1 is 1.10 bits per heavy atom. The highest BCUT2D eigenvalue weighted by Gasteiger charge is 2.58. The molecule has 6 nitrogen and oxygen atoms in total. The molecule has 0 N–H and O–H groups in total. The van der Waals surface area contributed by atoms with Crippen molar-refractivity contribution >= 4 is 17.7 Å². The largest absolute Gasteiger partial charge is 0.459 e. The molecule has 4 aliphatic carbocycles. The predicted molar refractivity (Wildman–Crippen MR) is 157 cm³/mol. The molecule has 0 bridgehead atoms. The Morgan fingerprint density at radius 3 is 2.70 bits per heavy atom. The number of nitro groups is 1. The first-order chi connectivity index (χ1) is 19.3. The molecule has 7 atom stereocenters. The second-order valence-corrected chi connectivity index (χ2v) is 13.7. The van der Waals surface area contributed by atoms with Gasteiger partial charge in [-0.15, -0.1) is 0 Å². The fourth-order valence-corrected chi connectivity index (χ4v) is 9.42. The molecule has 3 fully saturated rings. The van der Waals surface area contributed by atoms with Crippen LogP contribution in [0.5, 0.6) is 0 Å². The Kier molecular flexibility index (Phi) is 8.92. The van der Waals surface area contributed by atoms with E-state index in [2.05, 4.69) is 26.8 Å². The smallest absolute Gasteiger partial charge is 0.331 e. The van der Waals surface area contributed by atoms with Crippen LogP contribution in [-0.2, 0) is 9.53 Å². The van der Waals surface area contributed by atoms with Crippen molar-refractivity contribution in [3.8, 4) is 0 Å². The van der Waals surface area contributed by atoms with Crippen molar-refractivity contribution in [2.75, 3.05) is 0 Å². The van der Waals surface area contributed by atoms with E-state index in [4.69, 9.17) is 9.15 Å². The third-order valence-electron chi connectivity index (χ3n) is 11.7. The lowest BCUT2D eigenvalue weighted by atomic mass is 9.47. The number of esters is 1. The van der Waals surface area contributed by atoms with E-state index in [0.29, 0.717) is 5.41 Å². The highest BCUT2D eigenvalue weighted by Crippen LogP contribution is 2.66. The molecule has 6 heteroatoms. The number of furan rings is 1. The first-order valence-corrected chi connectivity index (χ1v) is 16.1. The Bertz CT molecular complexity index is 1120. The molecule has 0 aliphatic heterocycles. The lowest BCUT2D eigenvalue weighted by molar-refractivity contribution is -0.385. The van der Waals surface area contributed by atoms with Crippen LogP contribution < -0.4 is 0 Å². The minimum Gasteiger partial charge on any atom is -0.459 e. The maximum Gasteiger partial charge on any atom is 0.331 e. The summed E-state index contributed by atoms with van der Waals surface area (Å²) in [4.78, 5) is 23.1. The number of hydrogen-bond acceptors (Lipinski definition) is 5. The summed E-state index contributed by atoms with van der Waals surface area (Å²) in [6, 6.07) is 1.28. The van der Waals surface area contributed by atoms with E-state index in [1.165, 1.54) is 107 Å². The monoisotopic (exact) mass is 551 g/mol. The van der Waals surface area contributed by atoms with E-state index in [0.717, 1.165) is 42.9 Å². The summed E-state index contributed by atoms with van der Waals surface area (Å²) < 4.78 is 10.9. The first-order valence-electron chi connectivity index (χ1n) is 16.1. The van der Waals surface area contributed by atoms with Gasteiger partial charge in [-0.25, -0.2) is 4.79 Å². The Hall–Kier alpha value is -2.37. The Morgan fingerprint density at radius 2 is 1.90 bits per heavy atom. The van der Waals surface area contributed by atoms with Crippen molar-refractivity contribution in [3.05, 3.63) is 45.9 Å². The fourth-order valence-electron chi connectivity index (χ4n) is 9.42. The third-order valence-corrected chi connectivity index (χ3v) is 11.7. The number of unbranched alkanes of at least 4 members (excludes halogenated alkanes) is 5. The van der Waals surface area contributed by atoms with Gasteiger partial charge in [0.1, 0.15) is 6.10 Å². The molecule has 0 unspecified atom stereocenters. The molecule has 5 rings (SSSR count). The van der Waals surface area contributed by atoms with Gasteiger partial charge in [-0.05, 0) is 91.9 Å². The second-order valence-electron chi connectivity index (χ2n) is 13.7. The molecule has 220 valence electrons. The molecule has 40 heavy (non-hydrogen) atoms. The van der Waals surface area contributed by atoms with Crippen LogP contribution in [-0.4, -0.2) is 17.0 Å². The third kappa shape index (κ3) is 5.69. The van der Waals surface area contributed by atoms with Crippen LogP contribution in [0, 0.1) is 44.6 Å². The van der Waals surface area contributed by atoms with Crippen LogP contribution in [0.1, 0.15) is 123 Å². The summed E-state index contributed by atoms with van der Waals surface area (Å²) >= 11 is 0. The number of hydrogen-bond donors (Lipinski definition) is 0. The van der Waals surface area contributed by atoms with Crippen LogP contribution in [0.2, 0.25) is 0 Å². The Balaban J connectivity index is 1.17. The number of carbonyl (C=O) groups is 1. The molecule has 0 spiro atoms. The van der Waals surface area contributed by atoms with Crippen molar-refractivity contribution in [1.29, 1.82) is 0 Å². The maximum absolute atomic E-state index is 12.5. The molecule has 0 aromatic carbocycles. The quantitative estimate of drug-likeness (QED) is 0.0683. The topological polar surface area (TPSA) is 82.6 Å². The van der Waals surface area contributed by atoms with E-state index < -0.39 is 10.9 Å². The van der Waals surface area contributed by atoms with Crippen LogP contribution >= 0.6 is 0 Å². The number of fused-ring (bicyclic) bond motifs is 5. The maximum atomic E-state index is 12.5. The lowest BCUT2D eigenvalue weighted by Crippen LogP contribution is -2.50. The highest BCUT2D eigenvalue weighted by molar-refractivity contribution is 5.87. The summed E-state index contributed by atoms with van der Waals surface area (Å²) in [6.45, 7) is 7.43. The van der Waals surface area contributed by atoms with Gasteiger partial charge in [-0.1, -0.05) is 70.9 Å². The van der Waals surface area contributed by atoms with E-state index in [1.807, 2.05) is 0 Å². The average molecular weight is 552 g/mol. The molecular weight excluding hydrogens is 502 g/mol. The van der Waals surface area contributed by atoms with Gasteiger partial charge in [0, 0.05) is 12.5 Å². The van der Waals surface area contributed by atoms with Gasteiger partial charge < -0.3 is 9.15 Å². The van der Waals surface area contributed by atoms with Crippen molar-refractivity contribution in [1.82, 2.24) is 0 Å². The summed E-state index contributed by atoms with van der Waals surface area (Å²) in [5, 5.41) is 11.1. The average Bonchev–Trinajstić information content (AvgIpc) is 3.54. The standard InChI is InChI=1S/C34H49NO5/c1-4-5-6-7-8-9-10-24-12-14-28-27-13-11-25-23-26(17-20-34(25,3)29(27)18-21-33(24,28)2)40-32(36)16-15-31-30(35(37)38)19-22-39-31/h11,15-16,19,22,24,26-29H,4-10,12-14,17-18,20-21,23H2,1-3H3/b16-15+/t24-,26+,27-,28-,29-,33+,34+/m1/s1. The molecule has 0 amide bonds. The number of ether oxygens (including phenoxy) is 1. The molecule has 1 aromatic rings. The molecular formula is C34H49NO5. The van der Waals surface area contributed by atoms with Crippen molar-refractivity contribution in [2.45, 2.75) is 123 Å². The molecule has 1 aromatic heterocycles. The predicted octanol–water partition coefficient (Wildman–Crippen LogP) is 9.44. The first kappa shape index (κ1) is 29.1. The van der Waals surface area contributed by atoms with Crippen molar-refractivity contribution in [3.63, 3.8) is 0 Å². The molecule has 0 saturated heterocycles. The summed E-state index contributed by atoms with van der Waals surface area (Å²) in [5.74, 6) is 2.91. The summed E-state index contributed by atoms with van der Waals surface area (Å²) in [7, 11) is 0. The van der Waals surface area contributed by atoms with Crippen LogP contribution in [0.25, 0.3) is 6.08 Å². The van der Waals surface area contributed by atoms with Gasteiger partial charge in [0.25, 0.3) is 0 Å². The molecule has 3 saturated carbocycles. The lowest BCUT2D eigenvalue weighted by Gasteiger charge is -2.58. The van der Waals surface area contributed by atoms with Crippen molar-refractivity contribution < 1.29 is 18.9 Å². The minimum atomic E-state index is -0.519. The molecule has 1 heterocycles. The van der Waals surface area contributed by atoms with E-state index >= 15 is 0 Å². The van der Waals surface area contributed by atoms with E-state index in [1.54, 1.807) is 0 Å². The molecule has 4 aliphatic rings. The second kappa shape index (κ2) is 12.2. The zero-order valence-corrected chi connectivity index (χ0v) is 24.9. The van der Waals surface area contributed by atoms with Crippen LogP contribution in [0.4, 0.5) is 5.69 Å². The van der Waals surface area contributed by atoms with Crippen molar-refractivity contribution in [2.24, 2.45) is 34.5 Å². The molecule has 0 radical (unpaired) electrons.